The Balaban J connectivity index is 4.34. The highest BCUT2D eigenvalue weighted by molar-refractivity contribution is 7.47. The zero-order chi connectivity index (χ0) is 57.7. The Hall–Kier alpha value is -3.88. The number of aliphatic hydroxyl groups is 1. The smallest absolute Gasteiger partial charge is 0.387 e. The molecule has 0 aliphatic carbocycles. The second-order valence-electron chi connectivity index (χ2n) is 21.7. The van der Waals surface area contributed by atoms with Crippen molar-refractivity contribution < 1.29 is 32.9 Å². The summed E-state index contributed by atoms with van der Waals surface area (Å²) in [6.07, 6.45) is 92.2. The number of hydrogen-bond donors (Lipinski definition) is 3. The fourth-order valence-corrected chi connectivity index (χ4v) is 8.84. The Kier molecular flexibility index (Phi) is 55.9. The van der Waals surface area contributed by atoms with Gasteiger partial charge >= 0.3 is 7.82 Å². The number of unbranched alkanes of at least 4 members (excludes halogenated alkanes) is 18. The van der Waals surface area contributed by atoms with Gasteiger partial charge in [-0.05, 0) is 122 Å². The average Bonchev–Trinajstić information content (AvgIpc) is 3.42. The monoisotopic (exact) mass is 1110 g/mol. The Labute approximate surface area is 486 Å². The van der Waals surface area contributed by atoms with Gasteiger partial charge in [-0.25, -0.2) is 4.57 Å². The number of likely N-dealkylation sites (N-methyl/N-ethyl adjacent to an activating group) is 1. The van der Waals surface area contributed by atoms with Gasteiger partial charge in [-0.1, -0.05) is 255 Å². The molecule has 0 fully saturated rings. The van der Waals surface area contributed by atoms with Crippen LogP contribution in [0.15, 0.2) is 158 Å². The second-order valence-corrected chi connectivity index (χ2v) is 23.1. The lowest BCUT2D eigenvalue weighted by molar-refractivity contribution is -0.870. The summed E-state index contributed by atoms with van der Waals surface area (Å²) in [5.41, 5.74) is 0. The van der Waals surface area contributed by atoms with Crippen molar-refractivity contribution in [3.05, 3.63) is 158 Å². The van der Waals surface area contributed by atoms with Gasteiger partial charge in [0.15, 0.2) is 0 Å². The van der Waals surface area contributed by atoms with Crippen molar-refractivity contribution >= 4 is 13.7 Å². The molecule has 1 amide bonds. The Morgan fingerprint density at radius 2 is 0.772 bits per heavy atom. The lowest BCUT2D eigenvalue weighted by atomic mass is 10.0. The largest absolute Gasteiger partial charge is 0.472 e. The molecule has 3 atom stereocenters. The number of amides is 1. The van der Waals surface area contributed by atoms with Gasteiger partial charge in [0.05, 0.1) is 39.9 Å². The van der Waals surface area contributed by atoms with Crippen LogP contribution >= 0.6 is 7.82 Å². The van der Waals surface area contributed by atoms with Gasteiger partial charge in [0, 0.05) is 6.42 Å². The topological polar surface area (TPSA) is 105 Å². The van der Waals surface area contributed by atoms with Gasteiger partial charge in [-0.15, -0.1) is 0 Å². The Bertz CT molecular complexity index is 1840. The molecular weight excluding hydrogens is 996 g/mol. The molecule has 0 saturated heterocycles. The number of rotatable bonds is 55. The molecule has 0 aromatic carbocycles. The molecule has 8 nitrogen and oxygen atoms in total. The van der Waals surface area contributed by atoms with Gasteiger partial charge in [0.25, 0.3) is 0 Å². The maximum Gasteiger partial charge on any atom is 0.472 e. The molecule has 0 radical (unpaired) electrons. The highest BCUT2D eigenvalue weighted by Gasteiger charge is 2.27. The minimum absolute atomic E-state index is 0.0392. The predicted octanol–water partition coefficient (Wildman–Crippen LogP) is 19.8. The molecule has 9 heteroatoms. The standard InChI is InChI=1S/C70H117N2O6P/c1-6-8-10-12-14-16-18-20-22-24-26-28-30-31-32-33-34-35-36-37-38-39-40-41-42-44-46-48-50-52-54-56-58-60-62-64-70(74)71-68(67-78-79(75,76)77-66-65-72(3,4)5)69(73)63-61-59-57-55-53-51-49-47-45-43-29-27-25-23-21-19-17-15-13-11-9-7-2/h8,10,14,16,20,22,26,28,31-32,34-35,37-38,40-41,44-47,50,52-53,55,61,63,68-69,73H,6-7,9,11-13,15,17-19,21,23-25,27,29-30,33,36,39,42-43,48-49,51,54,56-60,62,64-67H2,1-5H3,(H-,71,74,75,76)/p+1/b10-8-,16-14-,22-20-,28-26-,32-31-,35-34-,38-37-,41-40-,46-44-,47-45+,52-50-,55-53+,63-61+. The first-order valence-electron chi connectivity index (χ1n) is 31.4. The molecule has 0 aliphatic heterocycles. The van der Waals surface area contributed by atoms with Gasteiger partial charge in [-0.3, -0.25) is 13.8 Å². The zero-order valence-corrected chi connectivity index (χ0v) is 51.9. The fraction of sp³-hybridized carbons (Fsp3) is 0.614. The number of hydrogen-bond acceptors (Lipinski definition) is 5. The first-order chi connectivity index (χ1) is 38.5. The van der Waals surface area contributed by atoms with Crippen molar-refractivity contribution in [2.75, 3.05) is 40.9 Å². The molecule has 0 bridgehead atoms. The van der Waals surface area contributed by atoms with E-state index >= 15 is 0 Å². The summed E-state index contributed by atoms with van der Waals surface area (Å²) >= 11 is 0. The molecule has 0 aromatic rings. The number of phosphoric ester groups is 1. The molecule has 0 rings (SSSR count). The number of allylic oxidation sites excluding steroid dienone is 25. The van der Waals surface area contributed by atoms with Crippen molar-refractivity contribution in [2.24, 2.45) is 0 Å². The highest BCUT2D eigenvalue weighted by Crippen LogP contribution is 2.43. The number of carbonyl (C=O) groups is 1. The van der Waals surface area contributed by atoms with Crippen molar-refractivity contribution in [1.29, 1.82) is 0 Å². The molecule has 79 heavy (non-hydrogen) atoms. The van der Waals surface area contributed by atoms with Crippen LogP contribution in [-0.4, -0.2) is 73.4 Å². The van der Waals surface area contributed by atoms with Crippen LogP contribution in [0.2, 0.25) is 0 Å². The third-order valence-electron chi connectivity index (χ3n) is 13.0. The predicted molar refractivity (Wildman–Crippen MR) is 345 cm³/mol. The normalized spacial score (nSPS) is 14.9. The van der Waals surface area contributed by atoms with Gasteiger partial charge < -0.3 is 19.8 Å². The summed E-state index contributed by atoms with van der Waals surface area (Å²) in [7, 11) is 1.50. The zero-order valence-electron chi connectivity index (χ0n) is 51.0. The van der Waals surface area contributed by atoms with E-state index in [1.54, 1.807) is 6.08 Å². The van der Waals surface area contributed by atoms with Crippen LogP contribution in [0.1, 0.15) is 226 Å². The van der Waals surface area contributed by atoms with E-state index in [0.29, 0.717) is 17.4 Å². The molecule has 3 N–H and O–H groups in total. The molecule has 448 valence electrons. The van der Waals surface area contributed by atoms with E-state index in [4.69, 9.17) is 9.05 Å². The summed E-state index contributed by atoms with van der Waals surface area (Å²) in [6.45, 7) is 4.64. The minimum atomic E-state index is -4.38. The van der Waals surface area contributed by atoms with Crippen molar-refractivity contribution in [3.8, 4) is 0 Å². The highest BCUT2D eigenvalue weighted by atomic mass is 31.2. The number of quaternary nitrogens is 1. The van der Waals surface area contributed by atoms with Crippen molar-refractivity contribution in [2.45, 2.75) is 238 Å². The lowest BCUT2D eigenvalue weighted by Crippen LogP contribution is -2.45. The second kappa shape index (κ2) is 58.8. The third-order valence-corrected chi connectivity index (χ3v) is 13.9. The van der Waals surface area contributed by atoms with Crippen LogP contribution in [0.25, 0.3) is 0 Å². The number of carbonyl (C=O) groups excluding carboxylic acids is 1. The summed E-state index contributed by atoms with van der Waals surface area (Å²) in [5.74, 6) is -0.222. The molecule has 3 unspecified atom stereocenters. The lowest BCUT2D eigenvalue weighted by Gasteiger charge is -2.25. The quantitative estimate of drug-likeness (QED) is 0.0243. The number of phosphoric acid groups is 1. The number of nitrogens with zero attached hydrogens (tertiary/aromatic N) is 1. The van der Waals surface area contributed by atoms with Crippen molar-refractivity contribution in [1.82, 2.24) is 5.32 Å². The van der Waals surface area contributed by atoms with E-state index in [1.807, 2.05) is 27.2 Å². The molecule has 0 heterocycles. The first kappa shape index (κ1) is 75.1. The third kappa shape index (κ3) is 61.6. The molecule has 0 aliphatic rings. The number of aliphatic hydroxyl groups excluding tert-OH is 1. The molecule has 0 saturated carbocycles. The summed E-state index contributed by atoms with van der Waals surface area (Å²) in [6, 6.07) is -0.897. The van der Waals surface area contributed by atoms with Crippen LogP contribution in [-0.2, 0) is 18.4 Å². The van der Waals surface area contributed by atoms with Crippen molar-refractivity contribution in [3.63, 3.8) is 0 Å². The summed E-state index contributed by atoms with van der Waals surface area (Å²) < 4.78 is 23.7. The Morgan fingerprint density at radius 1 is 0.443 bits per heavy atom. The van der Waals surface area contributed by atoms with E-state index in [9.17, 15) is 19.4 Å². The average molecular weight is 1110 g/mol. The summed E-state index contributed by atoms with van der Waals surface area (Å²) in [5, 5.41) is 13.9. The number of nitrogens with one attached hydrogen (secondary N) is 1. The minimum Gasteiger partial charge on any atom is -0.387 e. The molecular formula is C70H118N2O6P+. The SMILES string of the molecule is CC/C=C\C/C=C\C/C=C\C/C=C\C/C=C\C/C=C\C/C=C\C/C=C\C/C=C\C/C=C\CCCCCCC(=O)NC(COP(=O)(O)OCC[N+](C)(C)C)C(O)/C=C/CC/C=C/CC/C=C/CCCCCCCCCCCCCC. The van der Waals surface area contributed by atoms with Crippen LogP contribution in [0.4, 0.5) is 0 Å². The molecule has 0 spiro atoms. The van der Waals surface area contributed by atoms with E-state index in [2.05, 4.69) is 165 Å². The van der Waals surface area contributed by atoms with E-state index in [-0.39, 0.29) is 19.1 Å². The first-order valence-corrected chi connectivity index (χ1v) is 32.9. The van der Waals surface area contributed by atoms with Crippen LogP contribution in [0, 0.1) is 0 Å². The van der Waals surface area contributed by atoms with Gasteiger partial charge in [0.1, 0.15) is 13.2 Å². The van der Waals surface area contributed by atoms with Gasteiger partial charge in [-0.2, -0.15) is 0 Å². The van der Waals surface area contributed by atoms with E-state index in [0.717, 1.165) is 122 Å². The molecule has 0 aromatic heterocycles. The van der Waals surface area contributed by atoms with Crippen LogP contribution in [0.3, 0.4) is 0 Å². The van der Waals surface area contributed by atoms with Gasteiger partial charge in [0.2, 0.25) is 5.91 Å². The maximum absolute atomic E-state index is 13.0. The Morgan fingerprint density at radius 3 is 1.16 bits per heavy atom. The summed E-state index contributed by atoms with van der Waals surface area (Å²) in [4.78, 5) is 23.3. The van der Waals surface area contributed by atoms with Crippen LogP contribution < -0.4 is 5.32 Å². The fourth-order valence-electron chi connectivity index (χ4n) is 8.10. The maximum atomic E-state index is 13.0. The van der Waals surface area contributed by atoms with Crippen LogP contribution in [0.5, 0.6) is 0 Å². The van der Waals surface area contributed by atoms with E-state index < -0.39 is 20.0 Å². The van der Waals surface area contributed by atoms with E-state index in [1.165, 1.54) is 83.5 Å².